The zero-order valence-corrected chi connectivity index (χ0v) is 14.4. The Bertz CT molecular complexity index is 603. The first-order valence-corrected chi connectivity index (χ1v) is 8.89. The standard InChI is InChI=1S/C13H20BrN3O3S/c1-9(2)16-7-3-4-13(18)17-12-6-5-10(8-11(12)14)21(15,19)20/h5-6,8-9,16H,3-4,7H2,1-2H3,(H,17,18)(H2,15,19,20). The molecular formula is C13H20BrN3O3S. The van der Waals surface area contributed by atoms with Crippen molar-refractivity contribution >= 4 is 37.5 Å². The highest BCUT2D eigenvalue weighted by Gasteiger charge is 2.11. The predicted octanol–water partition coefficient (Wildman–Crippen LogP) is 1.81. The van der Waals surface area contributed by atoms with E-state index in [0.717, 1.165) is 13.0 Å². The van der Waals surface area contributed by atoms with Crippen LogP contribution in [0.2, 0.25) is 0 Å². The van der Waals surface area contributed by atoms with E-state index in [1.165, 1.54) is 18.2 Å². The van der Waals surface area contributed by atoms with Crippen molar-refractivity contribution in [2.24, 2.45) is 5.14 Å². The maximum absolute atomic E-state index is 11.8. The number of carbonyl (C=O) groups excluding carboxylic acids is 1. The molecule has 0 aliphatic rings. The first-order valence-electron chi connectivity index (χ1n) is 6.55. The van der Waals surface area contributed by atoms with Crippen LogP contribution in [0.25, 0.3) is 0 Å². The van der Waals surface area contributed by atoms with Gasteiger partial charge in [-0.15, -0.1) is 0 Å². The molecule has 4 N–H and O–H groups in total. The SMILES string of the molecule is CC(C)NCCCC(=O)Nc1ccc(S(N)(=O)=O)cc1Br. The van der Waals surface area contributed by atoms with Crippen molar-refractivity contribution in [2.45, 2.75) is 37.6 Å². The number of benzene rings is 1. The molecular weight excluding hydrogens is 358 g/mol. The number of rotatable bonds is 7. The molecule has 1 amide bonds. The quantitative estimate of drug-likeness (QED) is 0.630. The van der Waals surface area contributed by atoms with Gasteiger partial charge in [0.05, 0.1) is 10.6 Å². The fraction of sp³-hybridized carbons (Fsp3) is 0.462. The van der Waals surface area contributed by atoms with Crippen molar-refractivity contribution in [2.75, 3.05) is 11.9 Å². The topological polar surface area (TPSA) is 101 Å². The van der Waals surface area contributed by atoms with Gasteiger partial charge in [-0.25, -0.2) is 13.6 Å². The molecule has 0 atom stereocenters. The number of hydrogen-bond donors (Lipinski definition) is 3. The predicted molar refractivity (Wildman–Crippen MR) is 86.5 cm³/mol. The normalized spacial score (nSPS) is 11.7. The van der Waals surface area contributed by atoms with Crippen LogP contribution in [0, 0.1) is 0 Å². The number of carbonyl (C=O) groups is 1. The second kappa shape index (κ2) is 7.88. The maximum atomic E-state index is 11.8. The van der Waals surface area contributed by atoms with Crippen LogP contribution in [0.15, 0.2) is 27.6 Å². The number of halogens is 1. The van der Waals surface area contributed by atoms with Gasteiger partial charge >= 0.3 is 0 Å². The van der Waals surface area contributed by atoms with E-state index in [4.69, 9.17) is 5.14 Å². The highest BCUT2D eigenvalue weighted by molar-refractivity contribution is 9.10. The Balaban J connectivity index is 2.57. The fourth-order valence-electron chi connectivity index (χ4n) is 1.63. The highest BCUT2D eigenvalue weighted by Crippen LogP contribution is 2.25. The minimum atomic E-state index is -3.75. The molecule has 0 saturated heterocycles. The third-order valence-corrected chi connectivity index (χ3v) is 4.24. The molecule has 21 heavy (non-hydrogen) atoms. The molecule has 1 aromatic carbocycles. The first-order chi connectivity index (χ1) is 9.70. The Morgan fingerprint density at radius 3 is 2.57 bits per heavy atom. The van der Waals surface area contributed by atoms with E-state index < -0.39 is 10.0 Å². The minimum Gasteiger partial charge on any atom is -0.325 e. The summed E-state index contributed by atoms with van der Waals surface area (Å²) in [6.07, 6.45) is 1.12. The molecule has 8 heteroatoms. The zero-order valence-electron chi connectivity index (χ0n) is 12.0. The van der Waals surface area contributed by atoms with Crippen LogP contribution < -0.4 is 15.8 Å². The summed E-state index contributed by atoms with van der Waals surface area (Å²) in [5.74, 6) is -0.121. The van der Waals surface area contributed by atoms with Crippen LogP contribution in [0.5, 0.6) is 0 Å². The van der Waals surface area contributed by atoms with E-state index in [-0.39, 0.29) is 10.8 Å². The van der Waals surface area contributed by atoms with E-state index in [0.29, 0.717) is 22.6 Å². The van der Waals surface area contributed by atoms with Crippen molar-refractivity contribution in [3.8, 4) is 0 Å². The summed E-state index contributed by atoms with van der Waals surface area (Å²) >= 11 is 3.22. The fourth-order valence-corrected chi connectivity index (χ4v) is 2.80. The maximum Gasteiger partial charge on any atom is 0.238 e. The van der Waals surface area contributed by atoms with Crippen molar-refractivity contribution in [1.82, 2.24) is 5.32 Å². The third kappa shape index (κ3) is 6.56. The summed E-state index contributed by atoms with van der Waals surface area (Å²) in [7, 11) is -3.75. The molecule has 118 valence electrons. The Hall–Kier alpha value is -0.960. The van der Waals surface area contributed by atoms with Crippen LogP contribution in [-0.4, -0.2) is 26.9 Å². The molecule has 0 bridgehead atoms. The summed E-state index contributed by atoms with van der Waals surface area (Å²) in [6, 6.07) is 4.63. The van der Waals surface area contributed by atoms with Gasteiger partial charge in [-0.2, -0.15) is 0 Å². The first kappa shape index (κ1) is 18.1. The van der Waals surface area contributed by atoms with Gasteiger partial charge in [0.25, 0.3) is 0 Å². The second-order valence-corrected chi connectivity index (χ2v) is 7.36. The molecule has 0 radical (unpaired) electrons. The number of nitrogens with two attached hydrogens (primary N) is 1. The summed E-state index contributed by atoms with van der Waals surface area (Å²) in [4.78, 5) is 11.8. The number of nitrogens with one attached hydrogen (secondary N) is 2. The molecule has 0 fully saturated rings. The largest absolute Gasteiger partial charge is 0.325 e. The van der Waals surface area contributed by atoms with Crippen LogP contribution in [0.1, 0.15) is 26.7 Å². The van der Waals surface area contributed by atoms with Gasteiger partial charge < -0.3 is 10.6 Å². The van der Waals surface area contributed by atoms with Crippen molar-refractivity contribution in [3.63, 3.8) is 0 Å². The summed E-state index contributed by atoms with van der Waals surface area (Å²) < 4.78 is 22.9. The molecule has 1 aromatic rings. The summed E-state index contributed by atoms with van der Waals surface area (Å²) in [6.45, 7) is 4.87. The van der Waals surface area contributed by atoms with Crippen LogP contribution >= 0.6 is 15.9 Å². The molecule has 1 rings (SSSR count). The van der Waals surface area contributed by atoms with Gasteiger partial charge in [0.1, 0.15) is 0 Å². The van der Waals surface area contributed by atoms with Gasteiger partial charge in [0.2, 0.25) is 15.9 Å². The molecule has 0 saturated carbocycles. The molecule has 0 aromatic heterocycles. The van der Waals surface area contributed by atoms with Gasteiger partial charge in [0.15, 0.2) is 0 Å². The third-order valence-electron chi connectivity index (χ3n) is 2.68. The minimum absolute atomic E-state index is 0.00601. The van der Waals surface area contributed by atoms with E-state index in [9.17, 15) is 13.2 Å². The molecule has 0 unspecified atom stereocenters. The van der Waals surface area contributed by atoms with Crippen LogP contribution in [0.4, 0.5) is 5.69 Å². The van der Waals surface area contributed by atoms with Crippen molar-refractivity contribution < 1.29 is 13.2 Å². The smallest absolute Gasteiger partial charge is 0.238 e. The lowest BCUT2D eigenvalue weighted by molar-refractivity contribution is -0.116. The number of amides is 1. The lowest BCUT2D eigenvalue weighted by atomic mass is 10.2. The highest BCUT2D eigenvalue weighted by atomic mass is 79.9. The van der Waals surface area contributed by atoms with Crippen molar-refractivity contribution in [1.29, 1.82) is 0 Å². The van der Waals surface area contributed by atoms with E-state index >= 15 is 0 Å². The average molecular weight is 378 g/mol. The molecule has 0 aliphatic carbocycles. The monoisotopic (exact) mass is 377 g/mol. The average Bonchev–Trinajstić information content (AvgIpc) is 2.35. The number of anilines is 1. The van der Waals surface area contributed by atoms with Gasteiger partial charge in [-0.3, -0.25) is 4.79 Å². The number of hydrogen-bond acceptors (Lipinski definition) is 4. The van der Waals surface area contributed by atoms with Gasteiger partial charge in [0, 0.05) is 16.9 Å². The lowest BCUT2D eigenvalue weighted by Crippen LogP contribution is -2.24. The molecule has 0 spiro atoms. The summed E-state index contributed by atoms with van der Waals surface area (Å²) in [5, 5.41) is 11.0. The van der Waals surface area contributed by atoms with Crippen molar-refractivity contribution in [3.05, 3.63) is 22.7 Å². The van der Waals surface area contributed by atoms with Crippen LogP contribution in [0.3, 0.4) is 0 Å². The molecule has 6 nitrogen and oxygen atoms in total. The Morgan fingerprint density at radius 2 is 2.05 bits per heavy atom. The lowest BCUT2D eigenvalue weighted by Gasteiger charge is -2.10. The molecule has 0 aliphatic heterocycles. The van der Waals surface area contributed by atoms with Gasteiger partial charge in [-0.05, 0) is 47.1 Å². The van der Waals surface area contributed by atoms with E-state index in [1.54, 1.807) is 0 Å². The zero-order chi connectivity index (χ0) is 16.0. The van der Waals surface area contributed by atoms with E-state index in [1.807, 2.05) is 13.8 Å². The number of sulfonamides is 1. The Kier molecular flexibility index (Phi) is 6.79. The molecule has 0 heterocycles. The number of primary sulfonamides is 1. The summed E-state index contributed by atoms with van der Waals surface area (Å²) in [5.41, 5.74) is 0.518. The van der Waals surface area contributed by atoms with E-state index in [2.05, 4.69) is 26.6 Å². The van der Waals surface area contributed by atoms with Gasteiger partial charge in [-0.1, -0.05) is 13.8 Å². The Morgan fingerprint density at radius 1 is 1.38 bits per heavy atom. The Labute approximate surface area is 133 Å². The van der Waals surface area contributed by atoms with Crippen LogP contribution in [-0.2, 0) is 14.8 Å². The second-order valence-electron chi connectivity index (χ2n) is 4.95.